The van der Waals surface area contributed by atoms with E-state index in [1.807, 2.05) is 0 Å². The standard InChI is InChI=1S/C11H7ClF3N3O/c1-19-9-3-2-6(5-16-9)7-4-8(11(13,14)15)18-10(12)17-7/h2-5H,1H3. The van der Waals surface area contributed by atoms with E-state index in [9.17, 15) is 13.2 Å². The molecule has 0 aromatic carbocycles. The summed E-state index contributed by atoms with van der Waals surface area (Å²) in [4.78, 5) is 10.8. The molecule has 0 aliphatic rings. The number of aromatic nitrogens is 3. The number of methoxy groups -OCH3 is 1. The van der Waals surface area contributed by atoms with E-state index in [0.717, 1.165) is 6.07 Å². The zero-order valence-corrected chi connectivity index (χ0v) is 10.3. The van der Waals surface area contributed by atoms with Crippen molar-refractivity contribution >= 4 is 11.6 Å². The van der Waals surface area contributed by atoms with Crippen LogP contribution in [0.15, 0.2) is 24.4 Å². The molecular formula is C11H7ClF3N3O. The molecule has 4 nitrogen and oxygen atoms in total. The molecule has 0 atom stereocenters. The first-order chi connectivity index (χ1) is 8.90. The average Bonchev–Trinajstić information content (AvgIpc) is 2.37. The molecule has 0 saturated heterocycles. The number of alkyl halides is 3. The summed E-state index contributed by atoms with van der Waals surface area (Å²) >= 11 is 5.50. The van der Waals surface area contributed by atoms with E-state index in [0.29, 0.717) is 11.4 Å². The van der Waals surface area contributed by atoms with E-state index in [2.05, 4.69) is 15.0 Å². The summed E-state index contributed by atoms with van der Waals surface area (Å²) in [5, 5.41) is -0.472. The third-order valence-corrected chi connectivity index (χ3v) is 2.40. The molecule has 8 heteroatoms. The van der Waals surface area contributed by atoms with Crippen LogP contribution < -0.4 is 4.74 Å². The van der Waals surface area contributed by atoms with Crippen LogP contribution in [-0.2, 0) is 6.18 Å². The second-order valence-corrected chi connectivity index (χ2v) is 3.83. The van der Waals surface area contributed by atoms with Crippen molar-refractivity contribution < 1.29 is 17.9 Å². The van der Waals surface area contributed by atoms with Crippen molar-refractivity contribution in [2.45, 2.75) is 6.18 Å². The van der Waals surface area contributed by atoms with Crippen LogP contribution in [0, 0.1) is 0 Å². The topological polar surface area (TPSA) is 47.9 Å². The van der Waals surface area contributed by atoms with Gasteiger partial charge >= 0.3 is 6.18 Å². The van der Waals surface area contributed by atoms with E-state index in [-0.39, 0.29) is 5.69 Å². The lowest BCUT2D eigenvalue weighted by Crippen LogP contribution is -2.09. The number of hydrogen-bond donors (Lipinski definition) is 0. The lowest BCUT2D eigenvalue weighted by Gasteiger charge is -2.08. The molecule has 0 amide bonds. The van der Waals surface area contributed by atoms with Crippen LogP contribution in [0.25, 0.3) is 11.3 Å². The summed E-state index contributed by atoms with van der Waals surface area (Å²) in [5.41, 5.74) is -0.670. The van der Waals surface area contributed by atoms with Crippen LogP contribution in [0.4, 0.5) is 13.2 Å². The van der Waals surface area contributed by atoms with Gasteiger partial charge in [-0.05, 0) is 23.7 Å². The highest BCUT2D eigenvalue weighted by Gasteiger charge is 2.33. The van der Waals surface area contributed by atoms with E-state index in [4.69, 9.17) is 16.3 Å². The molecule has 0 fully saturated rings. The van der Waals surface area contributed by atoms with Crippen LogP contribution in [0.1, 0.15) is 5.69 Å². The fraction of sp³-hybridized carbons (Fsp3) is 0.182. The van der Waals surface area contributed by atoms with Crippen molar-refractivity contribution in [3.8, 4) is 17.1 Å². The minimum absolute atomic E-state index is 0.0440. The normalized spacial score (nSPS) is 11.4. The average molecular weight is 290 g/mol. The van der Waals surface area contributed by atoms with Crippen molar-refractivity contribution in [3.63, 3.8) is 0 Å². The Morgan fingerprint density at radius 3 is 2.47 bits per heavy atom. The molecule has 0 aliphatic carbocycles. The molecule has 2 rings (SSSR count). The second kappa shape index (κ2) is 5.00. The first-order valence-electron chi connectivity index (χ1n) is 5.02. The highest BCUT2D eigenvalue weighted by molar-refractivity contribution is 6.28. The Labute approximate surface area is 111 Å². The lowest BCUT2D eigenvalue weighted by molar-refractivity contribution is -0.141. The summed E-state index contributed by atoms with van der Waals surface area (Å²) in [5.74, 6) is 0.347. The summed E-state index contributed by atoms with van der Waals surface area (Å²) in [6, 6.07) is 3.86. The Morgan fingerprint density at radius 2 is 1.95 bits per heavy atom. The van der Waals surface area contributed by atoms with Crippen molar-refractivity contribution in [2.75, 3.05) is 7.11 Å². The van der Waals surface area contributed by atoms with Gasteiger partial charge in [-0.3, -0.25) is 0 Å². The number of halogens is 4. The molecule has 0 bridgehead atoms. The van der Waals surface area contributed by atoms with Crippen LogP contribution >= 0.6 is 11.6 Å². The highest BCUT2D eigenvalue weighted by Crippen LogP contribution is 2.31. The number of hydrogen-bond acceptors (Lipinski definition) is 4. The predicted octanol–water partition coefficient (Wildman–Crippen LogP) is 3.22. The number of rotatable bonds is 2. The van der Waals surface area contributed by atoms with Gasteiger partial charge in [-0.15, -0.1) is 0 Å². The van der Waals surface area contributed by atoms with Crippen LogP contribution in [0.2, 0.25) is 5.28 Å². The molecule has 100 valence electrons. The number of ether oxygens (including phenoxy) is 1. The maximum absolute atomic E-state index is 12.6. The SMILES string of the molecule is COc1ccc(-c2cc(C(F)(F)F)nc(Cl)n2)cn1. The largest absolute Gasteiger partial charge is 0.481 e. The van der Waals surface area contributed by atoms with Crippen molar-refractivity contribution in [1.82, 2.24) is 15.0 Å². The van der Waals surface area contributed by atoms with Gasteiger partial charge < -0.3 is 4.74 Å². The molecule has 0 spiro atoms. The van der Waals surface area contributed by atoms with Crippen LogP contribution in [0.5, 0.6) is 5.88 Å². The van der Waals surface area contributed by atoms with Gasteiger partial charge in [0.1, 0.15) is 5.69 Å². The van der Waals surface area contributed by atoms with Gasteiger partial charge in [0, 0.05) is 17.8 Å². The quantitative estimate of drug-likeness (QED) is 0.797. The first kappa shape index (κ1) is 13.5. The summed E-state index contributed by atoms with van der Waals surface area (Å²) < 4.78 is 42.7. The molecule has 2 aromatic rings. The highest BCUT2D eigenvalue weighted by atomic mass is 35.5. The Morgan fingerprint density at radius 1 is 1.21 bits per heavy atom. The Balaban J connectivity index is 2.46. The predicted molar refractivity (Wildman–Crippen MR) is 61.8 cm³/mol. The first-order valence-corrected chi connectivity index (χ1v) is 5.40. The van der Waals surface area contributed by atoms with Crippen LogP contribution in [0.3, 0.4) is 0 Å². The minimum atomic E-state index is -4.58. The molecule has 0 N–H and O–H groups in total. The fourth-order valence-corrected chi connectivity index (χ4v) is 1.55. The number of pyridine rings is 1. The molecule has 0 unspecified atom stereocenters. The van der Waals surface area contributed by atoms with E-state index < -0.39 is 17.2 Å². The Bertz CT molecular complexity index is 587. The third-order valence-electron chi connectivity index (χ3n) is 2.23. The van der Waals surface area contributed by atoms with Gasteiger partial charge in [-0.25, -0.2) is 15.0 Å². The molecule has 2 aromatic heterocycles. The maximum Gasteiger partial charge on any atom is 0.433 e. The Hall–Kier alpha value is -1.89. The molecule has 0 aliphatic heterocycles. The van der Waals surface area contributed by atoms with Gasteiger partial charge in [0.15, 0.2) is 0 Å². The molecule has 0 saturated carbocycles. The zero-order valence-electron chi connectivity index (χ0n) is 9.57. The lowest BCUT2D eigenvalue weighted by atomic mass is 10.2. The van der Waals surface area contributed by atoms with E-state index in [1.54, 1.807) is 0 Å². The monoisotopic (exact) mass is 289 g/mol. The van der Waals surface area contributed by atoms with Gasteiger partial charge in [0.2, 0.25) is 11.2 Å². The zero-order chi connectivity index (χ0) is 14.0. The van der Waals surface area contributed by atoms with Gasteiger partial charge in [0.25, 0.3) is 0 Å². The van der Waals surface area contributed by atoms with Crippen LogP contribution in [-0.4, -0.2) is 22.1 Å². The van der Waals surface area contributed by atoms with Crippen molar-refractivity contribution in [2.24, 2.45) is 0 Å². The van der Waals surface area contributed by atoms with Gasteiger partial charge in [-0.2, -0.15) is 13.2 Å². The van der Waals surface area contributed by atoms with Gasteiger partial charge in [-0.1, -0.05) is 0 Å². The fourth-order valence-electron chi connectivity index (χ4n) is 1.36. The molecule has 2 heterocycles. The van der Waals surface area contributed by atoms with Crippen molar-refractivity contribution in [3.05, 3.63) is 35.4 Å². The van der Waals surface area contributed by atoms with Gasteiger partial charge in [0.05, 0.1) is 12.8 Å². The third kappa shape index (κ3) is 3.11. The van der Waals surface area contributed by atoms with Crippen molar-refractivity contribution in [1.29, 1.82) is 0 Å². The summed E-state index contributed by atoms with van der Waals surface area (Å²) in [6.07, 6.45) is -3.24. The van der Waals surface area contributed by atoms with E-state index >= 15 is 0 Å². The molecule has 19 heavy (non-hydrogen) atoms. The molecule has 0 radical (unpaired) electrons. The minimum Gasteiger partial charge on any atom is -0.481 e. The Kier molecular flexibility index (Phi) is 3.57. The summed E-state index contributed by atoms with van der Waals surface area (Å²) in [6.45, 7) is 0. The van der Waals surface area contributed by atoms with E-state index in [1.165, 1.54) is 25.4 Å². The smallest absolute Gasteiger partial charge is 0.433 e. The summed E-state index contributed by atoms with van der Waals surface area (Å²) in [7, 11) is 1.44. The maximum atomic E-state index is 12.6. The number of nitrogens with zero attached hydrogens (tertiary/aromatic N) is 3. The molecular weight excluding hydrogens is 283 g/mol. The second-order valence-electron chi connectivity index (χ2n) is 3.49.